The summed E-state index contributed by atoms with van der Waals surface area (Å²) in [5.74, 6) is 0. The summed E-state index contributed by atoms with van der Waals surface area (Å²) in [5.41, 5.74) is 4.07. The molecule has 0 atom stereocenters. The number of aryl methyl sites for hydroxylation is 1. The number of nitrogens with zero attached hydrogens (tertiary/aromatic N) is 1. The molecule has 0 aliphatic carbocycles. The van der Waals surface area contributed by atoms with Gasteiger partial charge in [-0.15, -0.1) is 0 Å². The highest BCUT2D eigenvalue weighted by Crippen LogP contribution is 2.29. The molecule has 1 aliphatic rings. The first-order chi connectivity index (χ1) is 7.13. The summed E-state index contributed by atoms with van der Waals surface area (Å²) in [6.07, 6.45) is 5.57. The molecule has 1 N–H and O–H groups in total. The number of hydrogen-bond donors (Lipinski definition) is 1. The van der Waals surface area contributed by atoms with E-state index in [1.807, 2.05) is 6.20 Å². The fourth-order valence-corrected chi connectivity index (χ4v) is 1.90. The summed E-state index contributed by atoms with van der Waals surface area (Å²) in [4.78, 5) is 4.59. The molecule has 2 heterocycles. The number of hydrogen-bond acceptors (Lipinski definition) is 2. The molecule has 0 amide bonds. The predicted molar refractivity (Wildman–Crippen MR) is 64.4 cm³/mol. The summed E-state index contributed by atoms with van der Waals surface area (Å²) in [6.45, 7) is 7.83. The van der Waals surface area contributed by atoms with Crippen LogP contribution in [0.25, 0.3) is 0 Å². The minimum Gasteiger partial charge on any atom is -0.385 e. The van der Waals surface area contributed by atoms with Crippen molar-refractivity contribution in [2.75, 3.05) is 11.9 Å². The SMILES string of the molecule is CCC(C)(C)c1cc2c(cn1)CCCN2. The summed E-state index contributed by atoms with van der Waals surface area (Å²) < 4.78 is 0. The van der Waals surface area contributed by atoms with Gasteiger partial charge in [0.25, 0.3) is 0 Å². The molecule has 0 fully saturated rings. The van der Waals surface area contributed by atoms with Gasteiger partial charge in [-0.1, -0.05) is 20.8 Å². The van der Waals surface area contributed by atoms with E-state index in [0.29, 0.717) is 0 Å². The highest BCUT2D eigenvalue weighted by molar-refractivity contribution is 5.53. The van der Waals surface area contributed by atoms with Crippen LogP contribution in [0.15, 0.2) is 12.3 Å². The van der Waals surface area contributed by atoms with Crippen LogP contribution < -0.4 is 5.32 Å². The monoisotopic (exact) mass is 204 g/mol. The van der Waals surface area contributed by atoms with Gasteiger partial charge in [-0.05, 0) is 30.9 Å². The Morgan fingerprint density at radius 1 is 1.47 bits per heavy atom. The molecule has 1 aromatic heterocycles. The van der Waals surface area contributed by atoms with Crippen molar-refractivity contribution in [2.45, 2.75) is 45.4 Å². The normalized spacial score (nSPS) is 15.7. The molecule has 2 rings (SSSR count). The molecule has 0 spiro atoms. The fraction of sp³-hybridized carbons (Fsp3) is 0.615. The van der Waals surface area contributed by atoms with Crippen molar-refractivity contribution in [1.29, 1.82) is 0 Å². The maximum atomic E-state index is 4.59. The van der Waals surface area contributed by atoms with E-state index in [-0.39, 0.29) is 5.41 Å². The molecule has 82 valence electrons. The molecule has 2 heteroatoms. The molecule has 1 aliphatic heterocycles. The largest absolute Gasteiger partial charge is 0.385 e. The maximum absolute atomic E-state index is 4.59. The minimum atomic E-state index is 0.189. The van der Waals surface area contributed by atoms with Crippen molar-refractivity contribution in [3.05, 3.63) is 23.5 Å². The van der Waals surface area contributed by atoms with Gasteiger partial charge in [0.2, 0.25) is 0 Å². The number of rotatable bonds is 2. The maximum Gasteiger partial charge on any atom is 0.0480 e. The van der Waals surface area contributed by atoms with Crippen molar-refractivity contribution in [1.82, 2.24) is 4.98 Å². The second-order valence-electron chi connectivity index (χ2n) is 4.99. The van der Waals surface area contributed by atoms with Gasteiger partial charge in [0, 0.05) is 29.5 Å². The van der Waals surface area contributed by atoms with Crippen molar-refractivity contribution >= 4 is 5.69 Å². The third kappa shape index (κ3) is 1.99. The Bertz CT molecular complexity index is 356. The molecule has 0 unspecified atom stereocenters. The third-order valence-electron chi connectivity index (χ3n) is 3.50. The Hall–Kier alpha value is -1.05. The van der Waals surface area contributed by atoms with Crippen molar-refractivity contribution in [3.8, 4) is 0 Å². The number of nitrogens with one attached hydrogen (secondary N) is 1. The van der Waals surface area contributed by atoms with Gasteiger partial charge in [0.15, 0.2) is 0 Å². The first kappa shape index (κ1) is 10.5. The lowest BCUT2D eigenvalue weighted by molar-refractivity contribution is 0.490. The standard InChI is InChI=1S/C13H20N2/c1-4-13(2,3)12-8-11-10(9-15-12)6-5-7-14-11/h8-9,14H,4-7H2,1-3H3. The summed E-state index contributed by atoms with van der Waals surface area (Å²) >= 11 is 0. The smallest absolute Gasteiger partial charge is 0.0480 e. The van der Waals surface area contributed by atoms with Gasteiger partial charge in [-0.2, -0.15) is 0 Å². The van der Waals surface area contributed by atoms with Crippen LogP contribution in [0.1, 0.15) is 44.9 Å². The number of anilines is 1. The first-order valence-electron chi connectivity index (χ1n) is 5.87. The lowest BCUT2D eigenvalue weighted by Gasteiger charge is -2.25. The molecular formula is C13H20N2. The quantitative estimate of drug-likeness (QED) is 0.800. The zero-order valence-electron chi connectivity index (χ0n) is 9.93. The van der Waals surface area contributed by atoms with E-state index >= 15 is 0 Å². The average Bonchev–Trinajstić information content (AvgIpc) is 2.28. The average molecular weight is 204 g/mol. The topological polar surface area (TPSA) is 24.9 Å². The number of pyridine rings is 1. The summed E-state index contributed by atoms with van der Waals surface area (Å²) in [7, 11) is 0. The van der Waals surface area contributed by atoms with E-state index in [1.165, 1.54) is 29.8 Å². The van der Waals surface area contributed by atoms with Gasteiger partial charge in [-0.25, -0.2) is 0 Å². The van der Waals surface area contributed by atoms with Crippen LogP contribution in [-0.4, -0.2) is 11.5 Å². The Labute approximate surface area is 92.1 Å². The van der Waals surface area contributed by atoms with E-state index in [9.17, 15) is 0 Å². The molecule has 0 radical (unpaired) electrons. The van der Waals surface area contributed by atoms with Crippen LogP contribution in [-0.2, 0) is 11.8 Å². The zero-order valence-corrected chi connectivity index (χ0v) is 9.93. The highest BCUT2D eigenvalue weighted by Gasteiger charge is 2.21. The van der Waals surface area contributed by atoms with Crippen LogP contribution in [0.2, 0.25) is 0 Å². The van der Waals surface area contributed by atoms with E-state index in [2.05, 4.69) is 37.1 Å². The molecule has 15 heavy (non-hydrogen) atoms. The molecule has 0 bridgehead atoms. The highest BCUT2D eigenvalue weighted by atomic mass is 14.9. The minimum absolute atomic E-state index is 0.189. The van der Waals surface area contributed by atoms with Crippen molar-refractivity contribution in [3.63, 3.8) is 0 Å². The lowest BCUT2D eigenvalue weighted by atomic mass is 9.85. The second-order valence-corrected chi connectivity index (χ2v) is 4.99. The molecule has 0 saturated heterocycles. The Morgan fingerprint density at radius 3 is 3.00 bits per heavy atom. The van der Waals surface area contributed by atoms with Gasteiger partial charge in [0.05, 0.1) is 0 Å². The second kappa shape index (κ2) is 3.84. The zero-order chi connectivity index (χ0) is 10.9. The molecule has 0 saturated carbocycles. The predicted octanol–water partition coefficient (Wildman–Crippen LogP) is 3.13. The van der Waals surface area contributed by atoms with E-state index in [1.54, 1.807) is 0 Å². The van der Waals surface area contributed by atoms with Crippen LogP contribution in [0, 0.1) is 0 Å². The van der Waals surface area contributed by atoms with Crippen LogP contribution >= 0.6 is 0 Å². The van der Waals surface area contributed by atoms with Crippen LogP contribution in [0.3, 0.4) is 0 Å². The Morgan fingerprint density at radius 2 is 2.27 bits per heavy atom. The molecular weight excluding hydrogens is 184 g/mol. The molecule has 1 aromatic rings. The van der Waals surface area contributed by atoms with Gasteiger partial charge in [0.1, 0.15) is 0 Å². The Kier molecular flexibility index (Phi) is 2.68. The van der Waals surface area contributed by atoms with E-state index in [4.69, 9.17) is 0 Å². The summed E-state index contributed by atoms with van der Waals surface area (Å²) in [6, 6.07) is 2.23. The lowest BCUT2D eigenvalue weighted by Crippen LogP contribution is -2.20. The Balaban J connectivity index is 2.36. The summed E-state index contributed by atoms with van der Waals surface area (Å²) in [5, 5.41) is 3.46. The van der Waals surface area contributed by atoms with Crippen molar-refractivity contribution < 1.29 is 0 Å². The first-order valence-corrected chi connectivity index (χ1v) is 5.87. The van der Waals surface area contributed by atoms with E-state index < -0.39 is 0 Å². The van der Waals surface area contributed by atoms with E-state index in [0.717, 1.165) is 13.0 Å². The fourth-order valence-electron chi connectivity index (χ4n) is 1.90. The number of fused-ring (bicyclic) bond motifs is 1. The van der Waals surface area contributed by atoms with Gasteiger partial charge < -0.3 is 5.32 Å². The molecule has 0 aromatic carbocycles. The molecule has 2 nitrogen and oxygen atoms in total. The number of aromatic nitrogens is 1. The van der Waals surface area contributed by atoms with Gasteiger partial charge >= 0.3 is 0 Å². The third-order valence-corrected chi connectivity index (χ3v) is 3.50. The van der Waals surface area contributed by atoms with Crippen molar-refractivity contribution in [2.24, 2.45) is 0 Å². The van der Waals surface area contributed by atoms with Crippen LogP contribution in [0.5, 0.6) is 0 Å². The van der Waals surface area contributed by atoms with Gasteiger partial charge in [-0.3, -0.25) is 4.98 Å². The van der Waals surface area contributed by atoms with Crippen LogP contribution in [0.4, 0.5) is 5.69 Å².